The zero-order valence-corrected chi connectivity index (χ0v) is 10.2. The van der Waals surface area contributed by atoms with Crippen LogP contribution in [0.1, 0.15) is 18.5 Å². The minimum atomic E-state index is 0.160. The van der Waals surface area contributed by atoms with E-state index in [1.807, 2.05) is 61.4 Å². The van der Waals surface area contributed by atoms with E-state index in [1.54, 1.807) is 0 Å². The average molecular weight is 227 g/mol. The third-order valence-corrected chi connectivity index (χ3v) is 2.74. The SMILES string of the molecule is C=C(C)C(NC)c1cnn(-c2ccccc2)c1. The first-order chi connectivity index (χ1) is 8.22. The van der Waals surface area contributed by atoms with Crippen molar-refractivity contribution in [2.24, 2.45) is 0 Å². The number of aromatic nitrogens is 2. The van der Waals surface area contributed by atoms with Crippen molar-refractivity contribution < 1.29 is 0 Å². The van der Waals surface area contributed by atoms with Crippen LogP contribution in [0, 0.1) is 0 Å². The fraction of sp³-hybridized carbons (Fsp3) is 0.214. The Morgan fingerprint density at radius 3 is 2.65 bits per heavy atom. The molecule has 3 heteroatoms. The molecule has 0 saturated heterocycles. The van der Waals surface area contributed by atoms with Crippen LogP contribution in [-0.2, 0) is 0 Å². The first-order valence-electron chi connectivity index (χ1n) is 5.65. The Balaban J connectivity index is 2.30. The molecule has 0 aliphatic heterocycles. The van der Waals surface area contributed by atoms with Crippen LogP contribution < -0.4 is 5.32 Å². The summed E-state index contributed by atoms with van der Waals surface area (Å²) in [6.45, 7) is 6.00. The average Bonchev–Trinajstić information content (AvgIpc) is 2.80. The molecule has 1 atom stereocenters. The van der Waals surface area contributed by atoms with Gasteiger partial charge in [0.25, 0.3) is 0 Å². The highest BCUT2D eigenvalue weighted by atomic mass is 15.3. The number of nitrogens with zero attached hydrogens (tertiary/aromatic N) is 2. The largest absolute Gasteiger partial charge is 0.310 e. The first kappa shape index (κ1) is 11.6. The maximum atomic E-state index is 4.37. The molecule has 1 aromatic carbocycles. The van der Waals surface area contributed by atoms with Gasteiger partial charge >= 0.3 is 0 Å². The Morgan fingerprint density at radius 2 is 2.06 bits per heavy atom. The van der Waals surface area contributed by atoms with E-state index >= 15 is 0 Å². The molecule has 2 aromatic rings. The van der Waals surface area contributed by atoms with Gasteiger partial charge < -0.3 is 5.32 Å². The van der Waals surface area contributed by atoms with Crippen LogP contribution in [0.25, 0.3) is 5.69 Å². The first-order valence-corrected chi connectivity index (χ1v) is 5.65. The fourth-order valence-corrected chi connectivity index (χ4v) is 1.91. The van der Waals surface area contributed by atoms with Crippen LogP contribution in [0.2, 0.25) is 0 Å². The molecule has 0 aliphatic rings. The summed E-state index contributed by atoms with van der Waals surface area (Å²) >= 11 is 0. The Bertz CT molecular complexity index is 499. The molecule has 1 heterocycles. The number of rotatable bonds is 4. The van der Waals surface area contributed by atoms with Crippen molar-refractivity contribution in [3.63, 3.8) is 0 Å². The summed E-state index contributed by atoms with van der Waals surface area (Å²) in [7, 11) is 1.93. The van der Waals surface area contributed by atoms with E-state index in [4.69, 9.17) is 0 Å². The van der Waals surface area contributed by atoms with Gasteiger partial charge in [-0.3, -0.25) is 0 Å². The van der Waals surface area contributed by atoms with Gasteiger partial charge in [-0.05, 0) is 26.1 Å². The van der Waals surface area contributed by atoms with Gasteiger partial charge in [-0.1, -0.05) is 30.4 Å². The summed E-state index contributed by atoms with van der Waals surface area (Å²) in [6, 6.07) is 10.2. The zero-order valence-electron chi connectivity index (χ0n) is 10.2. The zero-order chi connectivity index (χ0) is 12.3. The Morgan fingerprint density at radius 1 is 1.35 bits per heavy atom. The molecule has 0 amide bonds. The highest BCUT2D eigenvalue weighted by Crippen LogP contribution is 2.20. The number of para-hydroxylation sites is 1. The number of nitrogens with one attached hydrogen (secondary N) is 1. The fourth-order valence-electron chi connectivity index (χ4n) is 1.91. The van der Waals surface area contributed by atoms with E-state index in [0.717, 1.165) is 16.8 Å². The minimum absolute atomic E-state index is 0.160. The van der Waals surface area contributed by atoms with Crippen LogP contribution >= 0.6 is 0 Å². The van der Waals surface area contributed by atoms with E-state index in [-0.39, 0.29) is 6.04 Å². The van der Waals surface area contributed by atoms with Crippen molar-refractivity contribution in [2.45, 2.75) is 13.0 Å². The molecule has 1 N–H and O–H groups in total. The topological polar surface area (TPSA) is 29.9 Å². The molecular weight excluding hydrogens is 210 g/mol. The lowest BCUT2D eigenvalue weighted by molar-refractivity contribution is 0.679. The third kappa shape index (κ3) is 2.45. The summed E-state index contributed by atoms with van der Waals surface area (Å²) in [4.78, 5) is 0. The van der Waals surface area contributed by atoms with E-state index in [0.29, 0.717) is 0 Å². The number of likely N-dealkylation sites (N-methyl/N-ethyl adjacent to an activating group) is 1. The molecule has 88 valence electrons. The smallest absolute Gasteiger partial charge is 0.0645 e. The molecule has 0 aliphatic carbocycles. The van der Waals surface area contributed by atoms with Crippen molar-refractivity contribution in [3.05, 3.63) is 60.4 Å². The van der Waals surface area contributed by atoms with Crippen molar-refractivity contribution >= 4 is 0 Å². The molecule has 17 heavy (non-hydrogen) atoms. The van der Waals surface area contributed by atoms with Crippen LogP contribution in [-0.4, -0.2) is 16.8 Å². The summed E-state index contributed by atoms with van der Waals surface area (Å²) in [5, 5.41) is 7.60. The lowest BCUT2D eigenvalue weighted by atomic mass is 10.1. The van der Waals surface area contributed by atoms with E-state index in [1.165, 1.54) is 0 Å². The molecule has 0 bridgehead atoms. The van der Waals surface area contributed by atoms with Crippen molar-refractivity contribution in [3.8, 4) is 5.69 Å². The number of hydrogen-bond donors (Lipinski definition) is 1. The van der Waals surface area contributed by atoms with Gasteiger partial charge in [-0.15, -0.1) is 0 Å². The van der Waals surface area contributed by atoms with Crippen LogP contribution in [0.5, 0.6) is 0 Å². The molecule has 0 radical (unpaired) electrons. The molecule has 3 nitrogen and oxygen atoms in total. The van der Waals surface area contributed by atoms with E-state index < -0.39 is 0 Å². The van der Waals surface area contributed by atoms with E-state index in [9.17, 15) is 0 Å². The lowest BCUT2D eigenvalue weighted by Crippen LogP contribution is -2.16. The van der Waals surface area contributed by atoms with Gasteiger partial charge in [0.15, 0.2) is 0 Å². The maximum Gasteiger partial charge on any atom is 0.0645 e. The quantitative estimate of drug-likeness (QED) is 0.814. The second-order valence-corrected chi connectivity index (χ2v) is 4.12. The molecule has 1 aromatic heterocycles. The van der Waals surface area contributed by atoms with Gasteiger partial charge in [0.2, 0.25) is 0 Å². The number of benzene rings is 1. The molecule has 0 saturated carbocycles. The van der Waals surface area contributed by atoms with Gasteiger partial charge in [-0.25, -0.2) is 4.68 Å². The summed E-state index contributed by atoms with van der Waals surface area (Å²) in [6.07, 6.45) is 3.91. The van der Waals surface area contributed by atoms with Gasteiger partial charge in [0, 0.05) is 11.8 Å². The monoisotopic (exact) mass is 227 g/mol. The normalized spacial score (nSPS) is 12.4. The highest BCUT2D eigenvalue weighted by Gasteiger charge is 2.12. The minimum Gasteiger partial charge on any atom is -0.310 e. The summed E-state index contributed by atoms with van der Waals surface area (Å²) < 4.78 is 1.88. The van der Waals surface area contributed by atoms with Gasteiger partial charge in [0.1, 0.15) is 0 Å². The predicted octanol–water partition coefficient (Wildman–Crippen LogP) is 2.71. The summed E-state index contributed by atoms with van der Waals surface area (Å²) in [5.74, 6) is 0. The van der Waals surface area contributed by atoms with Crippen molar-refractivity contribution in [1.82, 2.24) is 15.1 Å². The van der Waals surface area contributed by atoms with Crippen molar-refractivity contribution in [1.29, 1.82) is 0 Å². The van der Waals surface area contributed by atoms with Gasteiger partial charge in [-0.2, -0.15) is 5.10 Å². The highest BCUT2D eigenvalue weighted by molar-refractivity contribution is 5.32. The number of hydrogen-bond acceptors (Lipinski definition) is 2. The van der Waals surface area contributed by atoms with Crippen LogP contribution in [0.3, 0.4) is 0 Å². The van der Waals surface area contributed by atoms with Gasteiger partial charge in [0.05, 0.1) is 17.9 Å². The van der Waals surface area contributed by atoms with Crippen LogP contribution in [0.15, 0.2) is 54.9 Å². The predicted molar refractivity (Wildman–Crippen MR) is 70.2 cm³/mol. The lowest BCUT2D eigenvalue weighted by Gasteiger charge is -2.13. The Hall–Kier alpha value is -1.87. The molecule has 0 fully saturated rings. The standard InChI is InChI=1S/C14H17N3/c1-11(2)14(15-3)12-9-16-17(10-12)13-7-5-4-6-8-13/h4-10,14-15H,1H2,2-3H3. The van der Waals surface area contributed by atoms with E-state index in [2.05, 4.69) is 17.0 Å². The Kier molecular flexibility index (Phi) is 3.40. The molecule has 2 rings (SSSR count). The second-order valence-electron chi connectivity index (χ2n) is 4.12. The third-order valence-electron chi connectivity index (χ3n) is 2.74. The Labute approximate surface area is 102 Å². The molecule has 1 unspecified atom stereocenters. The molecular formula is C14H17N3. The summed E-state index contributed by atoms with van der Waals surface area (Å²) in [5.41, 5.74) is 3.28. The molecule has 0 spiro atoms. The maximum absolute atomic E-state index is 4.37. The van der Waals surface area contributed by atoms with Crippen molar-refractivity contribution in [2.75, 3.05) is 7.05 Å². The second kappa shape index (κ2) is 4.97. The van der Waals surface area contributed by atoms with Crippen LogP contribution in [0.4, 0.5) is 0 Å².